The second-order valence-electron chi connectivity index (χ2n) is 4.95. The van der Waals surface area contributed by atoms with Gasteiger partial charge in [-0.25, -0.2) is 4.79 Å². The summed E-state index contributed by atoms with van der Waals surface area (Å²) < 4.78 is 5.05. The van der Waals surface area contributed by atoms with Crippen LogP contribution < -0.4 is 5.32 Å². The van der Waals surface area contributed by atoms with E-state index in [0.717, 1.165) is 0 Å². The zero-order valence-electron chi connectivity index (χ0n) is 10.5. The number of hydrogen-bond acceptors (Lipinski definition) is 4. The highest BCUT2D eigenvalue weighted by Gasteiger charge is 2.19. The van der Waals surface area contributed by atoms with E-state index in [-0.39, 0.29) is 12.6 Å². The number of carbonyl (C=O) groups excluding carboxylic acids is 1. The number of ether oxygens (including phenoxy) is 1. The lowest BCUT2D eigenvalue weighted by molar-refractivity contribution is 0.0471. The molecule has 5 nitrogen and oxygen atoms in total. The zero-order chi connectivity index (χ0) is 12.8. The minimum Gasteiger partial charge on any atom is -0.444 e. The minimum absolute atomic E-state index is 0.161. The lowest BCUT2D eigenvalue weighted by Crippen LogP contribution is -2.41. The zero-order valence-corrected chi connectivity index (χ0v) is 10.5. The fourth-order valence-electron chi connectivity index (χ4n) is 1.13. The van der Waals surface area contributed by atoms with Crippen LogP contribution in [0.4, 0.5) is 4.79 Å². The van der Waals surface area contributed by atoms with E-state index in [9.17, 15) is 4.79 Å². The Balaban J connectivity index is 3.97. The minimum atomic E-state index is -0.547. The van der Waals surface area contributed by atoms with Crippen LogP contribution in [0.15, 0.2) is 0 Å². The summed E-state index contributed by atoms with van der Waals surface area (Å²) >= 11 is 0. The predicted octanol–water partition coefficient (Wildman–Crippen LogP) is 1.03. The van der Waals surface area contributed by atoms with E-state index in [1.54, 1.807) is 27.7 Å². The molecule has 5 heteroatoms. The highest BCUT2D eigenvalue weighted by atomic mass is 16.6. The van der Waals surface area contributed by atoms with Gasteiger partial charge in [0.25, 0.3) is 0 Å². The second kappa shape index (κ2) is 6.70. The second-order valence-corrected chi connectivity index (χ2v) is 4.95. The summed E-state index contributed by atoms with van der Waals surface area (Å²) in [5.41, 5.74) is -0.547. The van der Waals surface area contributed by atoms with E-state index in [2.05, 4.69) is 5.32 Å². The first-order valence-electron chi connectivity index (χ1n) is 5.53. The van der Waals surface area contributed by atoms with Crippen LogP contribution in [-0.4, -0.2) is 40.7 Å². The first-order valence-corrected chi connectivity index (χ1v) is 5.53. The van der Waals surface area contributed by atoms with Gasteiger partial charge in [-0.15, -0.1) is 0 Å². The highest BCUT2D eigenvalue weighted by Crippen LogP contribution is 2.08. The maximum absolute atomic E-state index is 11.4. The summed E-state index contributed by atoms with van der Waals surface area (Å²) in [4.78, 5) is 11.4. The molecular formula is C11H23NO4. The fraction of sp³-hybridized carbons (Fsp3) is 0.909. The van der Waals surface area contributed by atoms with Gasteiger partial charge in [0.05, 0.1) is 18.8 Å². The van der Waals surface area contributed by atoms with Gasteiger partial charge >= 0.3 is 6.09 Å². The van der Waals surface area contributed by atoms with Crippen LogP contribution in [0.5, 0.6) is 0 Å². The maximum atomic E-state index is 11.4. The number of amides is 1. The summed E-state index contributed by atoms with van der Waals surface area (Å²) in [7, 11) is 0. The molecule has 0 aliphatic carbocycles. The number of aliphatic hydroxyl groups excluding tert-OH is 2. The Bertz CT molecular complexity index is 211. The van der Waals surface area contributed by atoms with Gasteiger partial charge in [-0.3, -0.25) is 0 Å². The molecule has 0 spiro atoms. The molecule has 0 aliphatic rings. The molecule has 0 radical (unpaired) electrons. The lowest BCUT2D eigenvalue weighted by Gasteiger charge is -2.23. The molecule has 2 atom stereocenters. The third kappa shape index (κ3) is 8.49. The molecule has 3 N–H and O–H groups in total. The van der Waals surface area contributed by atoms with Crippen molar-refractivity contribution in [2.24, 2.45) is 0 Å². The Morgan fingerprint density at radius 1 is 1.38 bits per heavy atom. The number of nitrogens with one attached hydrogen (secondary N) is 1. The Morgan fingerprint density at radius 2 is 1.94 bits per heavy atom. The van der Waals surface area contributed by atoms with Crippen molar-refractivity contribution in [3.05, 3.63) is 0 Å². The van der Waals surface area contributed by atoms with Crippen LogP contribution in [0.2, 0.25) is 0 Å². The Morgan fingerprint density at radius 3 is 2.31 bits per heavy atom. The number of alkyl carbamates (subject to hydrolysis) is 1. The van der Waals surface area contributed by atoms with E-state index in [0.29, 0.717) is 12.8 Å². The van der Waals surface area contributed by atoms with Crippen LogP contribution in [-0.2, 0) is 4.74 Å². The van der Waals surface area contributed by atoms with E-state index in [4.69, 9.17) is 14.9 Å². The van der Waals surface area contributed by atoms with Crippen LogP contribution >= 0.6 is 0 Å². The summed E-state index contributed by atoms with van der Waals surface area (Å²) in [6.07, 6.45) is 0.0701. The highest BCUT2D eigenvalue weighted by molar-refractivity contribution is 5.68. The monoisotopic (exact) mass is 233 g/mol. The molecular weight excluding hydrogens is 210 g/mol. The normalized spacial score (nSPS) is 15.4. The quantitative estimate of drug-likeness (QED) is 0.662. The van der Waals surface area contributed by atoms with Crippen LogP contribution in [0.25, 0.3) is 0 Å². The van der Waals surface area contributed by atoms with Crippen molar-refractivity contribution in [1.82, 2.24) is 5.32 Å². The van der Waals surface area contributed by atoms with Gasteiger partial charge in [0.1, 0.15) is 5.60 Å². The average Bonchev–Trinajstić information content (AvgIpc) is 2.08. The van der Waals surface area contributed by atoms with Crippen molar-refractivity contribution in [1.29, 1.82) is 0 Å². The molecule has 96 valence electrons. The molecule has 0 rings (SSSR count). The molecule has 16 heavy (non-hydrogen) atoms. The molecule has 0 fully saturated rings. The van der Waals surface area contributed by atoms with E-state index >= 15 is 0 Å². The number of aliphatic hydroxyl groups is 2. The topological polar surface area (TPSA) is 78.8 Å². The largest absolute Gasteiger partial charge is 0.444 e. The van der Waals surface area contributed by atoms with Crippen molar-refractivity contribution >= 4 is 6.09 Å². The standard InChI is InChI=1S/C11H23NO4/c1-8(14)5-6-9(7-13)12-10(15)16-11(2,3)4/h8-9,13-14H,5-7H2,1-4H3,(H,12,15)/t8?,9-/m1/s1. The SMILES string of the molecule is CC(O)CC[C@H](CO)NC(=O)OC(C)(C)C. The van der Waals surface area contributed by atoms with Gasteiger partial charge in [-0.1, -0.05) is 0 Å². The predicted molar refractivity (Wildman–Crippen MR) is 61.2 cm³/mol. The van der Waals surface area contributed by atoms with E-state index in [1.807, 2.05) is 0 Å². The maximum Gasteiger partial charge on any atom is 0.407 e. The summed E-state index contributed by atoms with van der Waals surface area (Å²) in [6.45, 7) is 6.83. The molecule has 0 saturated heterocycles. The van der Waals surface area contributed by atoms with Crippen LogP contribution in [0, 0.1) is 0 Å². The van der Waals surface area contributed by atoms with Gasteiger partial charge < -0.3 is 20.3 Å². The van der Waals surface area contributed by atoms with Gasteiger partial charge in [-0.2, -0.15) is 0 Å². The van der Waals surface area contributed by atoms with Crippen molar-refractivity contribution in [3.63, 3.8) is 0 Å². The molecule has 1 unspecified atom stereocenters. The fourth-order valence-corrected chi connectivity index (χ4v) is 1.13. The summed E-state index contributed by atoms with van der Waals surface area (Å²) in [6, 6.07) is -0.371. The molecule has 0 aromatic rings. The third-order valence-corrected chi connectivity index (χ3v) is 1.87. The molecule has 0 heterocycles. The summed E-state index contributed by atoms with van der Waals surface area (Å²) in [5.74, 6) is 0. The van der Waals surface area contributed by atoms with Crippen molar-refractivity contribution < 1.29 is 19.7 Å². The molecule has 0 aliphatic heterocycles. The number of rotatable bonds is 5. The van der Waals surface area contributed by atoms with Gasteiger partial charge in [-0.05, 0) is 40.5 Å². The first kappa shape index (κ1) is 15.2. The average molecular weight is 233 g/mol. The van der Waals surface area contributed by atoms with Crippen molar-refractivity contribution in [2.75, 3.05) is 6.61 Å². The van der Waals surface area contributed by atoms with E-state index in [1.165, 1.54) is 0 Å². The third-order valence-electron chi connectivity index (χ3n) is 1.87. The van der Waals surface area contributed by atoms with Crippen LogP contribution in [0.3, 0.4) is 0 Å². The van der Waals surface area contributed by atoms with Crippen LogP contribution in [0.1, 0.15) is 40.5 Å². The van der Waals surface area contributed by atoms with E-state index < -0.39 is 17.8 Å². The van der Waals surface area contributed by atoms with Crippen molar-refractivity contribution in [2.45, 2.75) is 58.3 Å². The Kier molecular flexibility index (Phi) is 6.36. The Hall–Kier alpha value is -0.810. The van der Waals surface area contributed by atoms with Crippen molar-refractivity contribution in [3.8, 4) is 0 Å². The lowest BCUT2D eigenvalue weighted by atomic mass is 10.1. The number of hydrogen-bond donors (Lipinski definition) is 3. The molecule has 0 saturated carbocycles. The summed E-state index contributed by atoms with van der Waals surface area (Å²) in [5, 5.41) is 20.7. The molecule has 0 aromatic heterocycles. The van der Waals surface area contributed by atoms with Gasteiger partial charge in [0, 0.05) is 0 Å². The van der Waals surface area contributed by atoms with Gasteiger partial charge in [0.15, 0.2) is 0 Å². The molecule has 0 bridgehead atoms. The first-order chi connectivity index (χ1) is 7.24. The number of carbonyl (C=O) groups is 1. The Labute approximate surface area is 96.8 Å². The van der Waals surface area contributed by atoms with Gasteiger partial charge in [0.2, 0.25) is 0 Å². The molecule has 1 amide bonds. The molecule has 0 aromatic carbocycles. The smallest absolute Gasteiger partial charge is 0.407 e.